The van der Waals surface area contributed by atoms with Crippen molar-refractivity contribution in [1.82, 2.24) is 0 Å². The van der Waals surface area contributed by atoms with E-state index in [1.165, 1.54) is 27.8 Å². The molecule has 1 nitrogen and oxygen atoms in total. The Labute approximate surface area is 211 Å². The van der Waals surface area contributed by atoms with Crippen LogP contribution in [0.1, 0.15) is 52.0 Å². The number of carbonyl (C=O) groups is 1. The van der Waals surface area contributed by atoms with Gasteiger partial charge in [-0.15, -0.1) is 0 Å². The van der Waals surface area contributed by atoms with Crippen LogP contribution in [-0.4, -0.2) is 5.78 Å². The van der Waals surface area contributed by atoms with E-state index in [-0.39, 0.29) is 5.78 Å². The van der Waals surface area contributed by atoms with Gasteiger partial charge in [-0.2, -0.15) is 0 Å². The molecule has 0 fully saturated rings. The van der Waals surface area contributed by atoms with Crippen molar-refractivity contribution >= 4 is 5.78 Å². The van der Waals surface area contributed by atoms with Crippen LogP contribution < -0.4 is 0 Å². The zero-order valence-electron chi connectivity index (χ0n) is 21.5. The third-order valence-corrected chi connectivity index (χ3v) is 6.24. The topological polar surface area (TPSA) is 17.1 Å². The fourth-order valence-electron chi connectivity index (χ4n) is 4.32. The summed E-state index contributed by atoms with van der Waals surface area (Å²) in [6.07, 6.45) is 3.33. The third-order valence-electron chi connectivity index (χ3n) is 6.24. The first-order valence-corrected chi connectivity index (χ1v) is 12.3. The number of allylic oxidation sites excluding steroid dienone is 1. The van der Waals surface area contributed by atoms with Crippen molar-refractivity contribution in [2.24, 2.45) is 0 Å². The maximum Gasteiger partial charge on any atom is 0.160 e. The van der Waals surface area contributed by atoms with Crippen LogP contribution in [0.25, 0.3) is 11.1 Å². The molecule has 4 aromatic rings. The SMILES string of the molecule is C=C1Cc2ccccc2C1.CC(=O)c1c(C)cccc1-c1ccccc1.CCc1ccc(C)cc1. The van der Waals surface area contributed by atoms with Gasteiger partial charge in [0.25, 0.3) is 0 Å². The van der Waals surface area contributed by atoms with Gasteiger partial charge in [0.2, 0.25) is 0 Å². The molecule has 0 unspecified atom stereocenters. The van der Waals surface area contributed by atoms with Gasteiger partial charge in [0.05, 0.1) is 0 Å². The minimum absolute atomic E-state index is 0.122. The second-order valence-corrected chi connectivity index (χ2v) is 9.13. The number of rotatable bonds is 3. The number of Topliss-reactive ketones (excluding diaryl/α,β-unsaturated/α-hetero) is 1. The van der Waals surface area contributed by atoms with E-state index >= 15 is 0 Å². The predicted molar refractivity (Wildman–Crippen MR) is 150 cm³/mol. The van der Waals surface area contributed by atoms with E-state index in [0.717, 1.165) is 41.5 Å². The van der Waals surface area contributed by atoms with Gasteiger partial charge in [-0.3, -0.25) is 4.79 Å². The molecule has 0 aromatic heterocycles. The molecule has 0 N–H and O–H groups in total. The van der Waals surface area contributed by atoms with E-state index in [0.29, 0.717) is 0 Å². The van der Waals surface area contributed by atoms with Crippen LogP contribution in [0.15, 0.2) is 109 Å². The molecule has 1 aliphatic rings. The van der Waals surface area contributed by atoms with Gasteiger partial charge in [0.1, 0.15) is 0 Å². The molecule has 0 radical (unpaired) electrons. The molecule has 0 bridgehead atoms. The lowest BCUT2D eigenvalue weighted by molar-refractivity contribution is 0.101. The molecule has 0 saturated carbocycles. The Morgan fingerprint density at radius 2 is 1.31 bits per heavy atom. The van der Waals surface area contributed by atoms with Gasteiger partial charge in [0, 0.05) is 5.56 Å². The second-order valence-electron chi connectivity index (χ2n) is 9.13. The summed E-state index contributed by atoms with van der Waals surface area (Å²) in [5.74, 6) is 0.122. The van der Waals surface area contributed by atoms with Crippen molar-refractivity contribution in [3.63, 3.8) is 0 Å². The predicted octanol–water partition coefficient (Wildman–Crippen LogP) is 8.76. The van der Waals surface area contributed by atoms with Gasteiger partial charge >= 0.3 is 0 Å². The summed E-state index contributed by atoms with van der Waals surface area (Å²) in [5.41, 5.74) is 11.0. The van der Waals surface area contributed by atoms with Crippen LogP contribution >= 0.6 is 0 Å². The molecule has 4 aromatic carbocycles. The standard InChI is InChI=1S/C15H14O.C10H10.C9H12/c1-11-7-6-10-14(15(11)12(2)16)13-8-4-3-5-9-13;1-8-6-9-4-2-3-5-10(9)7-8;1-3-9-6-4-8(2)5-7-9/h3-10H,1-2H3;2-5H,1,6-7H2;4-7H,3H2,1-2H3. The molecule has 178 valence electrons. The van der Waals surface area contributed by atoms with Crippen molar-refractivity contribution in [3.8, 4) is 11.1 Å². The Morgan fingerprint density at radius 3 is 1.86 bits per heavy atom. The molecule has 35 heavy (non-hydrogen) atoms. The summed E-state index contributed by atoms with van der Waals surface area (Å²) < 4.78 is 0. The van der Waals surface area contributed by atoms with Crippen LogP contribution in [0.4, 0.5) is 0 Å². The molecule has 0 amide bonds. The van der Waals surface area contributed by atoms with Crippen LogP contribution in [0.2, 0.25) is 0 Å². The van der Waals surface area contributed by atoms with E-state index in [2.05, 4.69) is 69.0 Å². The maximum absolute atomic E-state index is 11.7. The van der Waals surface area contributed by atoms with Gasteiger partial charge in [-0.1, -0.05) is 122 Å². The molecule has 0 saturated heterocycles. The minimum atomic E-state index is 0.122. The second kappa shape index (κ2) is 12.7. The molecule has 0 spiro atoms. The zero-order chi connectivity index (χ0) is 25.2. The van der Waals surface area contributed by atoms with Gasteiger partial charge in [-0.25, -0.2) is 0 Å². The Bertz CT molecular complexity index is 1240. The van der Waals surface area contributed by atoms with Crippen LogP contribution in [0.5, 0.6) is 0 Å². The third kappa shape index (κ3) is 7.39. The van der Waals surface area contributed by atoms with Crippen LogP contribution in [0, 0.1) is 13.8 Å². The molecule has 0 aliphatic heterocycles. The van der Waals surface area contributed by atoms with Gasteiger partial charge in [0.15, 0.2) is 5.78 Å². The lowest BCUT2D eigenvalue weighted by Gasteiger charge is -2.09. The highest BCUT2D eigenvalue weighted by molar-refractivity contribution is 6.02. The number of aryl methyl sites for hydroxylation is 3. The average molecular weight is 461 g/mol. The summed E-state index contributed by atoms with van der Waals surface area (Å²) in [5, 5.41) is 0. The first-order valence-electron chi connectivity index (χ1n) is 12.3. The highest BCUT2D eigenvalue weighted by Gasteiger charge is 2.12. The lowest BCUT2D eigenvalue weighted by Crippen LogP contribution is -1.99. The fraction of sp³-hybridized carbons (Fsp3) is 0.206. The van der Waals surface area contributed by atoms with Crippen LogP contribution in [0.3, 0.4) is 0 Å². The lowest BCUT2D eigenvalue weighted by atomic mass is 9.94. The molecule has 0 heterocycles. The van der Waals surface area contributed by atoms with Gasteiger partial charge < -0.3 is 0 Å². The number of hydrogen-bond donors (Lipinski definition) is 0. The quantitative estimate of drug-likeness (QED) is 0.221. The molecular formula is C34H36O. The number of ketones is 1. The van der Waals surface area contributed by atoms with Crippen molar-refractivity contribution in [2.75, 3.05) is 0 Å². The Kier molecular flexibility index (Phi) is 9.38. The Balaban J connectivity index is 0.000000155. The minimum Gasteiger partial charge on any atom is -0.294 e. The van der Waals surface area contributed by atoms with E-state index in [4.69, 9.17) is 0 Å². The van der Waals surface area contributed by atoms with Crippen molar-refractivity contribution in [2.45, 2.75) is 47.0 Å². The highest BCUT2D eigenvalue weighted by atomic mass is 16.1. The summed E-state index contributed by atoms with van der Waals surface area (Å²) in [6.45, 7) is 11.8. The fourth-order valence-corrected chi connectivity index (χ4v) is 4.32. The average Bonchev–Trinajstić information content (AvgIpc) is 3.25. The molecule has 1 aliphatic carbocycles. The van der Waals surface area contributed by atoms with Crippen LogP contribution in [-0.2, 0) is 19.3 Å². The number of fused-ring (bicyclic) bond motifs is 1. The van der Waals surface area contributed by atoms with E-state index in [1.807, 2.05) is 55.5 Å². The Hall–Kier alpha value is -3.71. The van der Waals surface area contributed by atoms with Crippen molar-refractivity contribution in [1.29, 1.82) is 0 Å². The number of carbonyl (C=O) groups excluding carboxylic acids is 1. The Morgan fingerprint density at radius 1 is 0.743 bits per heavy atom. The summed E-state index contributed by atoms with van der Waals surface area (Å²) in [7, 11) is 0. The van der Waals surface area contributed by atoms with E-state index in [1.54, 1.807) is 6.92 Å². The van der Waals surface area contributed by atoms with E-state index in [9.17, 15) is 4.79 Å². The molecule has 1 heteroatoms. The normalized spacial score (nSPS) is 11.5. The monoisotopic (exact) mass is 460 g/mol. The van der Waals surface area contributed by atoms with Crippen molar-refractivity contribution in [3.05, 3.63) is 143 Å². The smallest absolute Gasteiger partial charge is 0.160 e. The maximum atomic E-state index is 11.7. The van der Waals surface area contributed by atoms with E-state index < -0.39 is 0 Å². The zero-order valence-corrected chi connectivity index (χ0v) is 21.5. The molecule has 5 rings (SSSR count). The first kappa shape index (κ1) is 25.9. The largest absolute Gasteiger partial charge is 0.294 e. The summed E-state index contributed by atoms with van der Waals surface area (Å²) >= 11 is 0. The number of hydrogen-bond acceptors (Lipinski definition) is 1. The molecule has 0 atom stereocenters. The summed E-state index contributed by atoms with van der Waals surface area (Å²) in [6, 6.07) is 33.2. The number of benzene rings is 4. The first-order chi connectivity index (χ1) is 16.9. The molecular weight excluding hydrogens is 424 g/mol. The van der Waals surface area contributed by atoms with Gasteiger partial charge in [-0.05, 0) is 73.4 Å². The summed E-state index contributed by atoms with van der Waals surface area (Å²) in [4.78, 5) is 11.7. The van der Waals surface area contributed by atoms with Crippen molar-refractivity contribution < 1.29 is 4.79 Å². The highest BCUT2D eigenvalue weighted by Crippen LogP contribution is 2.26.